The van der Waals surface area contributed by atoms with Crippen LogP contribution in [-0.4, -0.2) is 12.4 Å². The Bertz CT molecular complexity index is 347. The third-order valence-electron chi connectivity index (χ3n) is 2.34. The molecule has 0 saturated heterocycles. The number of rotatable bonds is 4. The van der Waals surface area contributed by atoms with Gasteiger partial charge in [-0.25, -0.2) is 0 Å². The summed E-state index contributed by atoms with van der Waals surface area (Å²) in [5.74, 6) is 1.05. The second-order valence-electron chi connectivity index (χ2n) is 3.87. The van der Waals surface area contributed by atoms with Crippen LogP contribution in [0.15, 0.2) is 18.2 Å². The van der Waals surface area contributed by atoms with Crippen LogP contribution in [0, 0.1) is 5.92 Å². The molecule has 1 atom stereocenters. The van der Waals surface area contributed by atoms with Gasteiger partial charge in [-0.15, -0.1) is 0 Å². The van der Waals surface area contributed by atoms with Crippen LogP contribution in [-0.2, 0) is 0 Å². The van der Waals surface area contributed by atoms with E-state index in [0.717, 1.165) is 6.29 Å². The van der Waals surface area contributed by atoms with Gasteiger partial charge in [0, 0.05) is 5.56 Å². The molecule has 0 radical (unpaired) electrons. The maximum Gasteiger partial charge on any atom is 0.150 e. The summed E-state index contributed by atoms with van der Waals surface area (Å²) in [6.45, 7) is 6.16. The smallest absolute Gasteiger partial charge is 0.150 e. The highest BCUT2D eigenvalue weighted by Crippen LogP contribution is 2.26. The van der Waals surface area contributed by atoms with Crippen LogP contribution in [0.25, 0.3) is 0 Å². The van der Waals surface area contributed by atoms with Gasteiger partial charge in [0.25, 0.3) is 0 Å². The van der Waals surface area contributed by atoms with E-state index in [9.17, 15) is 4.79 Å². The Hall–Kier alpha value is -1.02. The van der Waals surface area contributed by atoms with Crippen molar-refractivity contribution < 1.29 is 9.53 Å². The van der Waals surface area contributed by atoms with Crippen molar-refractivity contribution >= 4 is 17.9 Å². The highest BCUT2D eigenvalue weighted by atomic mass is 35.5. The fourth-order valence-corrected chi connectivity index (χ4v) is 1.26. The number of halogens is 1. The molecule has 0 aliphatic rings. The first-order chi connectivity index (χ1) is 7.04. The molecule has 1 aromatic carbocycles. The van der Waals surface area contributed by atoms with Gasteiger partial charge in [-0.1, -0.05) is 25.4 Å². The van der Waals surface area contributed by atoms with Crippen molar-refractivity contribution in [1.82, 2.24) is 0 Å². The molecule has 15 heavy (non-hydrogen) atoms. The van der Waals surface area contributed by atoms with Crippen molar-refractivity contribution in [1.29, 1.82) is 0 Å². The summed E-state index contributed by atoms with van der Waals surface area (Å²) in [5.41, 5.74) is 0.560. The molecular weight excluding hydrogens is 212 g/mol. The summed E-state index contributed by atoms with van der Waals surface area (Å²) in [4.78, 5) is 10.5. The van der Waals surface area contributed by atoms with E-state index in [4.69, 9.17) is 16.3 Å². The van der Waals surface area contributed by atoms with Gasteiger partial charge >= 0.3 is 0 Å². The quantitative estimate of drug-likeness (QED) is 0.734. The molecule has 1 unspecified atom stereocenters. The molecule has 82 valence electrons. The summed E-state index contributed by atoms with van der Waals surface area (Å²) in [6.07, 6.45) is 0.867. The molecule has 0 saturated carbocycles. The van der Waals surface area contributed by atoms with Crippen LogP contribution in [0.1, 0.15) is 31.1 Å². The van der Waals surface area contributed by atoms with Gasteiger partial charge in [-0.2, -0.15) is 0 Å². The Morgan fingerprint density at radius 1 is 1.33 bits per heavy atom. The lowest BCUT2D eigenvalue weighted by Crippen LogP contribution is -2.18. The second-order valence-corrected chi connectivity index (χ2v) is 4.28. The van der Waals surface area contributed by atoms with Crippen LogP contribution >= 0.6 is 11.6 Å². The predicted octanol–water partition coefficient (Wildman–Crippen LogP) is 3.58. The van der Waals surface area contributed by atoms with E-state index in [1.165, 1.54) is 0 Å². The molecular formula is C12H15ClO2. The Kier molecular flexibility index (Phi) is 4.15. The molecule has 2 nitrogen and oxygen atoms in total. The average molecular weight is 227 g/mol. The van der Waals surface area contributed by atoms with Crippen LogP contribution in [0.4, 0.5) is 0 Å². The van der Waals surface area contributed by atoms with Gasteiger partial charge in [0.15, 0.2) is 0 Å². The third-order valence-corrected chi connectivity index (χ3v) is 2.64. The molecule has 0 spiro atoms. The molecule has 0 aliphatic carbocycles. The van der Waals surface area contributed by atoms with Gasteiger partial charge < -0.3 is 4.74 Å². The first kappa shape index (κ1) is 12.1. The first-order valence-electron chi connectivity index (χ1n) is 4.96. The third kappa shape index (κ3) is 3.24. The zero-order valence-corrected chi connectivity index (χ0v) is 9.91. The summed E-state index contributed by atoms with van der Waals surface area (Å²) >= 11 is 5.97. The zero-order chi connectivity index (χ0) is 11.4. The lowest BCUT2D eigenvalue weighted by molar-refractivity contribution is 0.112. The van der Waals surface area contributed by atoms with E-state index < -0.39 is 0 Å². The maximum atomic E-state index is 10.5. The number of ether oxygens (including phenoxy) is 1. The number of carbonyl (C=O) groups is 1. The standard InChI is InChI=1S/C12H15ClO2/c1-8(2)9(3)15-12-5-4-10(7-14)6-11(12)13/h4-9H,1-3H3. The van der Waals surface area contributed by atoms with Crippen molar-refractivity contribution in [2.45, 2.75) is 26.9 Å². The number of carbonyl (C=O) groups excluding carboxylic acids is 1. The van der Waals surface area contributed by atoms with Crippen LogP contribution in [0.2, 0.25) is 5.02 Å². The molecule has 0 aliphatic heterocycles. The highest BCUT2D eigenvalue weighted by molar-refractivity contribution is 6.32. The van der Waals surface area contributed by atoms with Crippen LogP contribution in [0.5, 0.6) is 5.75 Å². The first-order valence-corrected chi connectivity index (χ1v) is 5.33. The monoisotopic (exact) mass is 226 g/mol. The van der Waals surface area contributed by atoms with E-state index >= 15 is 0 Å². The SMILES string of the molecule is CC(C)C(C)Oc1ccc(C=O)cc1Cl. The van der Waals surface area contributed by atoms with E-state index in [2.05, 4.69) is 13.8 Å². The topological polar surface area (TPSA) is 26.3 Å². The van der Waals surface area contributed by atoms with E-state index in [1.807, 2.05) is 6.92 Å². The zero-order valence-electron chi connectivity index (χ0n) is 9.16. The van der Waals surface area contributed by atoms with Crippen molar-refractivity contribution in [3.63, 3.8) is 0 Å². The fourth-order valence-electron chi connectivity index (χ4n) is 1.02. The minimum Gasteiger partial charge on any atom is -0.489 e. The van der Waals surface area contributed by atoms with Crippen molar-refractivity contribution in [2.24, 2.45) is 5.92 Å². The predicted molar refractivity (Wildman–Crippen MR) is 61.8 cm³/mol. The Morgan fingerprint density at radius 2 is 2.00 bits per heavy atom. The molecule has 1 rings (SSSR count). The molecule has 0 N–H and O–H groups in total. The van der Waals surface area contributed by atoms with Crippen molar-refractivity contribution in [2.75, 3.05) is 0 Å². The second kappa shape index (κ2) is 5.17. The van der Waals surface area contributed by atoms with Gasteiger partial charge in [0.05, 0.1) is 11.1 Å². The molecule has 3 heteroatoms. The Labute approximate surface area is 95.2 Å². The van der Waals surface area contributed by atoms with Crippen molar-refractivity contribution in [3.05, 3.63) is 28.8 Å². The van der Waals surface area contributed by atoms with Gasteiger partial charge in [-0.3, -0.25) is 4.79 Å². The lowest BCUT2D eigenvalue weighted by Gasteiger charge is -2.18. The van der Waals surface area contributed by atoms with E-state index in [1.54, 1.807) is 18.2 Å². The Morgan fingerprint density at radius 3 is 2.47 bits per heavy atom. The van der Waals surface area contributed by atoms with Crippen LogP contribution < -0.4 is 4.74 Å². The van der Waals surface area contributed by atoms with Gasteiger partial charge in [-0.05, 0) is 31.0 Å². The number of benzene rings is 1. The molecule has 0 fully saturated rings. The van der Waals surface area contributed by atoms with Gasteiger partial charge in [0.1, 0.15) is 12.0 Å². The minimum atomic E-state index is 0.101. The fraction of sp³-hybridized carbons (Fsp3) is 0.417. The molecule has 0 heterocycles. The largest absolute Gasteiger partial charge is 0.489 e. The molecule has 0 bridgehead atoms. The number of hydrogen-bond acceptors (Lipinski definition) is 2. The van der Waals surface area contributed by atoms with E-state index in [-0.39, 0.29) is 6.10 Å². The summed E-state index contributed by atoms with van der Waals surface area (Å²) < 4.78 is 5.66. The summed E-state index contributed by atoms with van der Waals surface area (Å²) in [7, 11) is 0. The van der Waals surface area contributed by atoms with E-state index in [0.29, 0.717) is 22.3 Å². The maximum absolute atomic E-state index is 10.5. The normalized spacial score (nSPS) is 12.6. The average Bonchev–Trinajstić information content (AvgIpc) is 2.20. The number of aldehydes is 1. The highest BCUT2D eigenvalue weighted by Gasteiger charge is 2.11. The summed E-state index contributed by atoms with van der Waals surface area (Å²) in [6, 6.07) is 5.03. The van der Waals surface area contributed by atoms with Gasteiger partial charge in [0.2, 0.25) is 0 Å². The van der Waals surface area contributed by atoms with Crippen LogP contribution in [0.3, 0.4) is 0 Å². The minimum absolute atomic E-state index is 0.101. The summed E-state index contributed by atoms with van der Waals surface area (Å²) in [5, 5.41) is 0.479. The molecule has 0 aromatic heterocycles. The molecule has 0 amide bonds. The number of hydrogen-bond donors (Lipinski definition) is 0. The Balaban J connectivity index is 2.82. The molecule has 1 aromatic rings. The van der Waals surface area contributed by atoms with Crippen molar-refractivity contribution in [3.8, 4) is 5.75 Å². The lowest BCUT2D eigenvalue weighted by atomic mass is 10.1.